The molecule has 2 N–H and O–H groups in total. The van der Waals surface area contributed by atoms with Crippen LogP contribution in [-0.4, -0.2) is 11.5 Å². The SMILES string of the molecule is C=C(C)C1(N)CC1(F)F. The Balaban J connectivity index is 2.74. The third-order valence-electron chi connectivity index (χ3n) is 1.79. The molecule has 0 amide bonds. The fraction of sp³-hybridized carbons (Fsp3) is 0.667. The standard InChI is InChI=1S/C6H9F2N/c1-4(2)5(9)3-6(5,7)8/h1,3,9H2,2H3. The van der Waals surface area contributed by atoms with Gasteiger partial charge in [0, 0.05) is 6.42 Å². The van der Waals surface area contributed by atoms with Gasteiger partial charge in [0.05, 0.1) is 0 Å². The van der Waals surface area contributed by atoms with Gasteiger partial charge in [0.1, 0.15) is 5.54 Å². The lowest BCUT2D eigenvalue weighted by Crippen LogP contribution is -2.30. The van der Waals surface area contributed by atoms with E-state index in [2.05, 4.69) is 6.58 Å². The van der Waals surface area contributed by atoms with Crippen molar-refractivity contribution >= 4 is 0 Å². The molecule has 9 heavy (non-hydrogen) atoms. The van der Waals surface area contributed by atoms with E-state index in [0.29, 0.717) is 5.57 Å². The van der Waals surface area contributed by atoms with Crippen LogP contribution in [0, 0.1) is 0 Å². The molecule has 3 heteroatoms. The number of hydrogen-bond acceptors (Lipinski definition) is 1. The Morgan fingerprint density at radius 2 is 2.00 bits per heavy atom. The fourth-order valence-electron chi connectivity index (χ4n) is 0.769. The number of alkyl halides is 2. The Kier molecular flexibility index (Phi) is 0.997. The van der Waals surface area contributed by atoms with Gasteiger partial charge in [-0.1, -0.05) is 12.2 Å². The molecular weight excluding hydrogens is 124 g/mol. The van der Waals surface area contributed by atoms with E-state index in [9.17, 15) is 8.78 Å². The summed E-state index contributed by atoms with van der Waals surface area (Å²) in [5.74, 6) is -2.70. The van der Waals surface area contributed by atoms with Gasteiger partial charge in [-0.05, 0) is 6.92 Å². The van der Waals surface area contributed by atoms with Gasteiger partial charge >= 0.3 is 0 Å². The van der Waals surface area contributed by atoms with Crippen molar-refractivity contribution in [1.82, 2.24) is 0 Å². The van der Waals surface area contributed by atoms with Crippen molar-refractivity contribution in [1.29, 1.82) is 0 Å². The molecule has 52 valence electrons. The van der Waals surface area contributed by atoms with Crippen LogP contribution in [0.1, 0.15) is 13.3 Å². The van der Waals surface area contributed by atoms with Gasteiger partial charge in [-0.15, -0.1) is 0 Å². The molecule has 1 aliphatic rings. The van der Waals surface area contributed by atoms with Crippen LogP contribution in [0.3, 0.4) is 0 Å². The molecule has 0 aromatic heterocycles. The highest BCUT2D eigenvalue weighted by atomic mass is 19.3. The van der Waals surface area contributed by atoms with Crippen molar-refractivity contribution in [3.8, 4) is 0 Å². The predicted molar refractivity (Wildman–Crippen MR) is 31.3 cm³/mol. The van der Waals surface area contributed by atoms with E-state index in [1.807, 2.05) is 0 Å². The van der Waals surface area contributed by atoms with Crippen LogP contribution in [-0.2, 0) is 0 Å². The minimum absolute atomic E-state index is 0.241. The number of nitrogens with two attached hydrogens (primary N) is 1. The molecule has 1 saturated carbocycles. The van der Waals surface area contributed by atoms with E-state index in [0.717, 1.165) is 0 Å². The van der Waals surface area contributed by atoms with Crippen molar-refractivity contribution < 1.29 is 8.78 Å². The summed E-state index contributed by atoms with van der Waals surface area (Å²) in [6.45, 7) is 4.91. The first-order valence-corrected chi connectivity index (χ1v) is 2.73. The average molecular weight is 133 g/mol. The average Bonchev–Trinajstić information content (AvgIpc) is 2.08. The van der Waals surface area contributed by atoms with Gasteiger partial charge in [0.2, 0.25) is 0 Å². The van der Waals surface area contributed by atoms with Crippen molar-refractivity contribution in [3.05, 3.63) is 12.2 Å². The first-order valence-electron chi connectivity index (χ1n) is 2.73. The third-order valence-corrected chi connectivity index (χ3v) is 1.79. The number of halogens is 2. The second kappa shape index (κ2) is 1.34. The molecule has 0 bridgehead atoms. The van der Waals surface area contributed by atoms with E-state index in [1.54, 1.807) is 0 Å². The zero-order chi connectivity index (χ0) is 7.28. The summed E-state index contributed by atoms with van der Waals surface area (Å²) in [4.78, 5) is 0. The Labute approximate surface area is 52.5 Å². The molecule has 1 aliphatic carbocycles. The lowest BCUT2D eigenvalue weighted by atomic mass is 10.1. The van der Waals surface area contributed by atoms with Gasteiger partial charge in [-0.2, -0.15) is 0 Å². The quantitative estimate of drug-likeness (QED) is 0.536. The summed E-state index contributed by atoms with van der Waals surface area (Å²) in [6, 6.07) is 0. The Hall–Kier alpha value is -0.440. The fourth-order valence-corrected chi connectivity index (χ4v) is 0.769. The minimum Gasteiger partial charge on any atom is -0.317 e. The van der Waals surface area contributed by atoms with E-state index in [4.69, 9.17) is 5.73 Å². The normalized spacial score (nSPS) is 38.2. The largest absolute Gasteiger partial charge is 0.317 e. The van der Waals surface area contributed by atoms with Crippen LogP contribution in [0.25, 0.3) is 0 Å². The molecule has 0 aliphatic heterocycles. The first-order chi connectivity index (χ1) is 3.90. The van der Waals surface area contributed by atoms with E-state index in [-0.39, 0.29) is 6.42 Å². The second-order valence-corrected chi connectivity index (χ2v) is 2.63. The van der Waals surface area contributed by atoms with Crippen LogP contribution in [0.5, 0.6) is 0 Å². The molecule has 1 fully saturated rings. The van der Waals surface area contributed by atoms with Crippen molar-refractivity contribution in [2.75, 3.05) is 0 Å². The first kappa shape index (κ1) is 6.68. The van der Waals surface area contributed by atoms with Crippen molar-refractivity contribution in [3.63, 3.8) is 0 Å². The molecule has 0 radical (unpaired) electrons. The van der Waals surface area contributed by atoms with Gasteiger partial charge < -0.3 is 5.73 Å². The molecule has 0 saturated heterocycles. The molecule has 0 aromatic rings. The number of hydrogen-bond donors (Lipinski definition) is 1. The van der Waals surface area contributed by atoms with Crippen molar-refractivity contribution in [2.24, 2.45) is 5.73 Å². The topological polar surface area (TPSA) is 26.0 Å². The lowest BCUT2D eigenvalue weighted by molar-refractivity contribution is 0.0974. The monoisotopic (exact) mass is 133 g/mol. The Bertz CT molecular complexity index is 164. The summed E-state index contributed by atoms with van der Waals surface area (Å²) < 4.78 is 24.5. The smallest absolute Gasteiger partial charge is 0.271 e. The molecule has 1 atom stereocenters. The van der Waals surface area contributed by atoms with Crippen LogP contribution < -0.4 is 5.73 Å². The van der Waals surface area contributed by atoms with Gasteiger partial charge in [0.25, 0.3) is 5.92 Å². The summed E-state index contributed by atoms with van der Waals surface area (Å²) in [5.41, 5.74) is 4.20. The maximum Gasteiger partial charge on any atom is 0.271 e. The van der Waals surface area contributed by atoms with Crippen LogP contribution in [0.2, 0.25) is 0 Å². The third kappa shape index (κ3) is 0.678. The molecule has 1 rings (SSSR count). The molecule has 1 unspecified atom stereocenters. The number of rotatable bonds is 1. The molecule has 0 spiro atoms. The summed E-state index contributed by atoms with van der Waals surface area (Å²) in [6.07, 6.45) is -0.241. The van der Waals surface area contributed by atoms with Gasteiger partial charge in [0.15, 0.2) is 0 Å². The van der Waals surface area contributed by atoms with Gasteiger partial charge in [-0.25, -0.2) is 8.78 Å². The van der Waals surface area contributed by atoms with E-state index in [1.165, 1.54) is 6.92 Å². The highest BCUT2D eigenvalue weighted by molar-refractivity contribution is 5.32. The second-order valence-electron chi connectivity index (χ2n) is 2.63. The van der Waals surface area contributed by atoms with E-state index < -0.39 is 11.5 Å². The van der Waals surface area contributed by atoms with Crippen LogP contribution in [0.15, 0.2) is 12.2 Å². The van der Waals surface area contributed by atoms with Crippen molar-refractivity contribution in [2.45, 2.75) is 24.8 Å². The maximum atomic E-state index is 12.2. The highest BCUT2D eigenvalue weighted by Crippen LogP contribution is 2.54. The summed E-state index contributed by atoms with van der Waals surface area (Å²) in [5, 5.41) is 0. The molecule has 0 heterocycles. The van der Waals surface area contributed by atoms with Crippen LogP contribution >= 0.6 is 0 Å². The molecule has 0 aromatic carbocycles. The zero-order valence-electron chi connectivity index (χ0n) is 5.25. The lowest BCUT2D eigenvalue weighted by Gasteiger charge is -2.07. The predicted octanol–water partition coefficient (Wildman–Crippen LogP) is 1.30. The minimum atomic E-state index is -2.70. The zero-order valence-corrected chi connectivity index (χ0v) is 5.25. The molecular formula is C6H9F2N. The highest BCUT2D eigenvalue weighted by Gasteiger charge is 2.69. The summed E-state index contributed by atoms with van der Waals surface area (Å²) >= 11 is 0. The maximum absolute atomic E-state index is 12.2. The Morgan fingerprint density at radius 3 is 2.00 bits per heavy atom. The summed E-state index contributed by atoms with van der Waals surface area (Å²) in [7, 11) is 0. The van der Waals surface area contributed by atoms with Gasteiger partial charge in [-0.3, -0.25) is 0 Å². The van der Waals surface area contributed by atoms with E-state index >= 15 is 0 Å². The Morgan fingerprint density at radius 1 is 1.67 bits per heavy atom. The van der Waals surface area contributed by atoms with Crippen LogP contribution in [0.4, 0.5) is 8.78 Å². The molecule has 1 nitrogen and oxygen atoms in total.